The van der Waals surface area contributed by atoms with Crippen molar-refractivity contribution in [3.63, 3.8) is 0 Å². The number of ether oxygens (including phenoxy) is 2. The Labute approximate surface area is 177 Å². The van der Waals surface area contributed by atoms with Crippen LogP contribution < -0.4 is 14.8 Å². The molecule has 2 aromatic carbocycles. The quantitative estimate of drug-likeness (QED) is 0.496. The Hall–Kier alpha value is -4.13. The van der Waals surface area contributed by atoms with E-state index in [-0.39, 0.29) is 11.7 Å². The van der Waals surface area contributed by atoms with Gasteiger partial charge in [-0.15, -0.1) is 0 Å². The van der Waals surface area contributed by atoms with Crippen LogP contribution in [0.15, 0.2) is 73.1 Å². The number of benzene rings is 2. The van der Waals surface area contributed by atoms with Gasteiger partial charge in [-0.05, 0) is 54.1 Å². The van der Waals surface area contributed by atoms with E-state index in [0.29, 0.717) is 24.7 Å². The highest BCUT2D eigenvalue weighted by molar-refractivity contribution is 6.01. The third-order valence-corrected chi connectivity index (χ3v) is 4.85. The van der Waals surface area contributed by atoms with Crippen molar-refractivity contribution in [3.05, 3.63) is 84.4 Å². The second kappa shape index (κ2) is 7.95. The van der Waals surface area contributed by atoms with Crippen molar-refractivity contribution >= 4 is 23.3 Å². The van der Waals surface area contributed by atoms with Gasteiger partial charge in [-0.1, -0.05) is 12.1 Å². The third kappa shape index (κ3) is 4.11. The molecule has 1 aliphatic rings. The summed E-state index contributed by atoms with van der Waals surface area (Å²) in [6, 6.07) is 15.3. The van der Waals surface area contributed by atoms with Crippen molar-refractivity contribution < 1.29 is 18.7 Å². The molecule has 0 bridgehead atoms. The van der Waals surface area contributed by atoms with Crippen LogP contribution in [-0.4, -0.2) is 28.5 Å². The Morgan fingerprint density at radius 1 is 1.00 bits per heavy atom. The maximum Gasteiger partial charge on any atom is 0.248 e. The molecule has 0 saturated heterocycles. The molecule has 5 rings (SSSR count). The summed E-state index contributed by atoms with van der Waals surface area (Å²) in [5.41, 5.74) is 3.83. The van der Waals surface area contributed by atoms with Gasteiger partial charge in [-0.2, -0.15) is 0 Å². The van der Waals surface area contributed by atoms with E-state index < -0.39 is 0 Å². The van der Waals surface area contributed by atoms with E-state index >= 15 is 0 Å². The Balaban J connectivity index is 1.33. The lowest BCUT2D eigenvalue weighted by Gasteiger charge is -2.18. The minimum atomic E-state index is -0.314. The predicted octanol–water partition coefficient (Wildman–Crippen LogP) is 4.56. The van der Waals surface area contributed by atoms with Crippen LogP contribution in [0.25, 0.3) is 23.0 Å². The summed E-state index contributed by atoms with van der Waals surface area (Å²) in [7, 11) is 0. The van der Waals surface area contributed by atoms with Crippen LogP contribution in [0.1, 0.15) is 5.56 Å². The van der Waals surface area contributed by atoms with Gasteiger partial charge in [-0.25, -0.2) is 9.37 Å². The topological polar surface area (TPSA) is 64.9 Å². The monoisotopic (exact) mass is 415 g/mol. The predicted molar refractivity (Wildman–Crippen MR) is 116 cm³/mol. The zero-order valence-corrected chi connectivity index (χ0v) is 16.4. The van der Waals surface area contributed by atoms with Crippen LogP contribution in [0.2, 0.25) is 0 Å². The number of pyridine rings is 1. The molecular formula is C24H18FN3O3. The molecule has 6 nitrogen and oxygen atoms in total. The summed E-state index contributed by atoms with van der Waals surface area (Å²) in [6.45, 7) is 1.08. The zero-order chi connectivity index (χ0) is 21.2. The molecule has 0 saturated carbocycles. The van der Waals surface area contributed by atoms with E-state index in [2.05, 4.69) is 10.3 Å². The first kappa shape index (κ1) is 18.9. The van der Waals surface area contributed by atoms with Crippen molar-refractivity contribution in [1.29, 1.82) is 0 Å². The fourth-order valence-electron chi connectivity index (χ4n) is 3.34. The number of hydrogen-bond acceptors (Lipinski definition) is 4. The number of hydrogen-bond donors (Lipinski definition) is 1. The van der Waals surface area contributed by atoms with Crippen molar-refractivity contribution in [2.75, 3.05) is 18.5 Å². The summed E-state index contributed by atoms with van der Waals surface area (Å²) >= 11 is 0. The van der Waals surface area contributed by atoms with Gasteiger partial charge < -0.3 is 19.2 Å². The molecule has 0 unspecified atom stereocenters. The SMILES string of the molecule is O=C(/C=C/c1ccc(F)cc1)Nc1ccc2nc(-c3ccc4c(c3)OCCO4)cn2c1. The van der Waals surface area contributed by atoms with E-state index in [9.17, 15) is 9.18 Å². The van der Waals surface area contributed by atoms with Gasteiger partial charge in [0, 0.05) is 24.0 Å². The maximum atomic E-state index is 13.0. The number of aromatic nitrogens is 2. The number of halogens is 1. The molecular weight excluding hydrogens is 397 g/mol. The molecule has 0 spiro atoms. The van der Waals surface area contributed by atoms with Gasteiger partial charge in [0.25, 0.3) is 0 Å². The van der Waals surface area contributed by atoms with E-state index in [4.69, 9.17) is 9.47 Å². The van der Waals surface area contributed by atoms with Crippen LogP contribution in [0, 0.1) is 5.82 Å². The molecule has 1 aliphatic heterocycles. The Kier molecular flexibility index (Phi) is 4.84. The number of fused-ring (bicyclic) bond motifs is 2. The Bertz CT molecular complexity index is 1300. The summed E-state index contributed by atoms with van der Waals surface area (Å²) in [4.78, 5) is 16.9. The van der Waals surface area contributed by atoms with Gasteiger partial charge >= 0.3 is 0 Å². The van der Waals surface area contributed by atoms with E-state index in [1.807, 2.05) is 34.9 Å². The number of nitrogens with one attached hydrogen (secondary N) is 1. The Morgan fingerprint density at radius 2 is 1.81 bits per heavy atom. The average Bonchev–Trinajstić information content (AvgIpc) is 3.22. The van der Waals surface area contributed by atoms with Gasteiger partial charge in [0.15, 0.2) is 11.5 Å². The molecule has 31 heavy (non-hydrogen) atoms. The van der Waals surface area contributed by atoms with Gasteiger partial charge in [0.2, 0.25) is 5.91 Å². The lowest BCUT2D eigenvalue weighted by molar-refractivity contribution is -0.111. The first-order valence-corrected chi connectivity index (χ1v) is 9.77. The lowest BCUT2D eigenvalue weighted by Crippen LogP contribution is -2.15. The van der Waals surface area contributed by atoms with Gasteiger partial charge in [0.1, 0.15) is 24.7 Å². The third-order valence-electron chi connectivity index (χ3n) is 4.85. The molecule has 3 heterocycles. The number of carbonyl (C=O) groups is 1. The fraction of sp³-hybridized carbons (Fsp3) is 0.0833. The second-order valence-corrected chi connectivity index (χ2v) is 7.04. The minimum absolute atomic E-state index is 0.282. The summed E-state index contributed by atoms with van der Waals surface area (Å²) < 4.78 is 26.0. The van der Waals surface area contributed by atoms with Crippen molar-refractivity contribution in [3.8, 4) is 22.8 Å². The van der Waals surface area contributed by atoms with E-state index in [1.165, 1.54) is 18.2 Å². The van der Waals surface area contributed by atoms with Crippen molar-refractivity contribution in [2.45, 2.75) is 0 Å². The first-order chi connectivity index (χ1) is 15.1. The number of nitrogens with zero attached hydrogens (tertiary/aromatic N) is 2. The average molecular weight is 415 g/mol. The molecule has 1 N–H and O–H groups in total. The number of rotatable bonds is 4. The zero-order valence-electron chi connectivity index (χ0n) is 16.4. The maximum absolute atomic E-state index is 13.0. The molecule has 0 fully saturated rings. The van der Waals surface area contributed by atoms with Crippen molar-refractivity contribution in [1.82, 2.24) is 9.38 Å². The fourth-order valence-corrected chi connectivity index (χ4v) is 3.34. The Morgan fingerprint density at radius 3 is 2.65 bits per heavy atom. The summed E-state index contributed by atoms with van der Waals surface area (Å²) in [5, 5.41) is 2.82. The highest BCUT2D eigenvalue weighted by Gasteiger charge is 2.14. The first-order valence-electron chi connectivity index (χ1n) is 9.77. The number of imidazole rings is 1. The van der Waals surface area contributed by atoms with Gasteiger partial charge in [0.05, 0.1) is 11.4 Å². The van der Waals surface area contributed by atoms with Crippen LogP contribution in [0.5, 0.6) is 11.5 Å². The molecule has 0 radical (unpaired) electrons. The lowest BCUT2D eigenvalue weighted by atomic mass is 10.1. The smallest absolute Gasteiger partial charge is 0.248 e. The molecule has 0 aliphatic carbocycles. The number of anilines is 1. The number of carbonyl (C=O) groups excluding carboxylic acids is 1. The highest BCUT2D eigenvalue weighted by Crippen LogP contribution is 2.34. The molecule has 0 atom stereocenters. The second-order valence-electron chi connectivity index (χ2n) is 7.04. The summed E-state index contributed by atoms with van der Waals surface area (Å²) in [5.74, 6) is 0.848. The van der Waals surface area contributed by atoms with E-state index in [0.717, 1.165) is 28.2 Å². The summed E-state index contributed by atoms with van der Waals surface area (Å²) in [6.07, 6.45) is 6.73. The van der Waals surface area contributed by atoms with Crippen LogP contribution >= 0.6 is 0 Å². The van der Waals surface area contributed by atoms with Gasteiger partial charge in [-0.3, -0.25) is 4.79 Å². The number of amides is 1. The van der Waals surface area contributed by atoms with Crippen molar-refractivity contribution in [2.24, 2.45) is 0 Å². The van der Waals surface area contributed by atoms with E-state index in [1.54, 1.807) is 30.5 Å². The molecule has 154 valence electrons. The molecule has 1 amide bonds. The molecule has 2 aromatic heterocycles. The highest BCUT2D eigenvalue weighted by atomic mass is 19.1. The largest absolute Gasteiger partial charge is 0.486 e. The standard InChI is InChI=1S/C24H18FN3O3/c25-18-5-1-16(2-6-18)3-10-24(29)26-19-7-9-23-27-20(15-28(23)14-19)17-4-8-21-22(13-17)31-12-11-30-21/h1-10,13-15H,11-12H2,(H,26,29)/b10-3+. The van der Waals surface area contributed by atoms with Crippen LogP contribution in [0.3, 0.4) is 0 Å². The molecule has 4 aromatic rings. The minimum Gasteiger partial charge on any atom is -0.486 e. The molecule has 7 heteroatoms. The van der Waals surface area contributed by atoms with Crippen LogP contribution in [-0.2, 0) is 4.79 Å². The van der Waals surface area contributed by atoms with Crippen LogP contribution in [0.4, 0.5) is 10.1 Å². The normalized spacial score (nSPS) is 12.9.